The summed E-state index contributed by atoms with van der Waals surface area (Å²) >= 11 is 0. The van der Waals surface area contributed by atoms with E-state index >= 15 is 0 Å². The van der Waals surface area contributed by atoms with Crippen LogP contribution in [0.1, 0.15) is 68.5 Å². The number of anilines is 1. The number of furan rings is 1. The molecule has 2 aromatic heterocycles. The molecule has 3 N–H and O–H groups in total. The summed E-state index contributed by atoms with van der Waals surface area (Å²) < 4.78 is 7.44. The lowest BCUT2D eigenvalue weighted by Gasteiger charge is -2.46. The Morgan fingerprint density at radius 3 is 2.55 bits per heavy atom. The minimum atomic E-state index is -1.21. The number of carbonyl (C=O) groups excluding carboxylic acids is 4. The number of ketones is 1. The lowest BCUT2D eigenvalue weighted by Crippen LogP contribution is -2.45. The van der Waals surface area contributed by atoms with Gasteiger partial charge in [0.25, 0.3) is 17.4 Å². The van der Waals surface area contributed by atoms with Crippen LogP contribution in [0.3, 0.4) is 0 Å². The first kappa shape index (κ1) is 31.2. The number of nitrogens with one attached hydrogen (secondary N) is 3. The molecule has 0 spiro atoms. The van der Waals surface area contributed by atoms with Crippen molar-refractivity contribution in [1.29, 1.82) is 0 Å². The fourth-order valence-electron chi connectivity index (χ4n) is 7.47. The van der Waals surface area contributed by atoms with E-state index in [2.05, 4.69) is 29.8 Å². The van der Waals surface area contributed by atoms with Crippen LogP contribution >= 0.6 is 0 Å². The fourth-order valence-corrected chi connectivity index (χ4v) is 7.47. The van der Waals surface area contributed by atoms with Gasteiger partial charge >= 0.3 is 0 Å². The predicted molar refractivity (Wildman–Crippen MR) is 167 cm³/mol. The average molecular weight is 603 g/mol. The zero-order valence-electron chi connectivity index (χ0n) is 25.9. The Labute approximate surface area is 257 Å². The third kappa shape index (κ3) is 6.64. The summed E-state index contributed by atoms with van der Waals surface area (Å²) in [5.41, 5.74) is 0.910. The molecule has 6 atom stereocenters. The van der Waals surface area contributed by atoms with Crippen LogP contribution in [-0.2, 0) is 20.9 Å². The Kier molecular flexibility index (Phi) is 9.36. The summed E-state index contributed by atoms with van der Waals surface area (Å²) in [7, 11) is 1.35. The summed E-state index contributed by atoms with van der Waals surface area (Å²) in [6.45, 7) is 6.94. The largest absolute Gasteiger partial charge is 0.451 e. The molecule has 2 aliphatic carbocycles. The van der Waals surface area contributed by atoms with Gasteiger partial charge in [-0.1, -0.05) is 32.0 Å². The second kappa shape index (κ2) is 13.2. The quantitative estimate of drug-likeness (QED) is 0.293. The highest BCUT2D eigenvalue weighted by molar-refractivity contribution is 6.36. The van der Waals surface area contributed by atoms with Gasteiger partial charge in [-0.2, -0.15) is 0 Å². The van der Waals surface area contributed by atoms with E-state index in [0.717, 1.165) is 11.3 Å². The SMILES string of the molecule is CNC(=O)C(=O)CCC(NC(=O)c1oc2ccccc2c1C)C(=O)Nc1cccn(CC2C(C)CC3CC(C)CC2C3)c1=O. The van der Waals surface area contributed by atoms with Gasteiger partial charge in [0.15, 0.2) is 5.76 Å². The summed E-state index contributed by atoms with van der Waals surface area (Å²) in [6, 6.07) is 9.26. The topological polar surface area (TPSA) is 140 Å². The third-order valence-corrected chi connectivity index (χ3v) is 9.62. The van der Waals surface area contributed by atoms with Crippen LogP contribution in [0.25, 0.3) is 11.0 Å². The molecule has 234 valence electrons. The van der Waals surface area contributed by atoms with E-state index in [1.54, 1.807) is 35.9 Å². The van der Waals surface area contributed by atoms with E-state index < -0.39 is 29.5 Å². The van der Waals surface area contributed by atoms with Crippen molar-refractivity contribution in [3.05, 3.63) is 64.3 Å². The van der Waals surface area contributed by atoms with Crippen molar-refractivity contribution in [2.45, 2.75) is 71.9 Å². The monoisotopic (exact) mass is 602 g/mol. The van der Waals surface area contributed by atoms with Crippen molar-refractivity contribution in [2.75, 3.05) is 12.4 Å². The molecule has 5 rings (SSSR count). The van der Waals surface area contributed by atoms with E-state index in [0.29, 0.717) is 41.4 Å². The average Bonchev–Trinajstić information content (AvgIpc) is 3.34. The van der Waals surface area contributed by atoms with Crippen LogP contribution in [0.2, 0.25) is 0 Å². The number of rotatable bonds is 10. The van der Waals surface area contributed by atoms with Crippen molar-refractivity contribution in [3.63, 3.8) is 0 Å². The molecule has 0 aliphatic heterocycles. The number of Topliss-reactive ketones (excluding diaryl/α,β-unsaturated/α-hetero) is 1. The van der Waals surface area contributed by atoms with Crippen LogP contribution in [-0.4, -0.2) is 41.2 Å². The molecule has 6 unspecified atom stereocenters. The zero-order chi connectivity index (χ0) is 31.5. The number of hydrogen-bond donors (Lipinski definition) is 3. The number of hydrogen-bond acceptors (Lipinski definition) is 6. The number of amides is 3. The number of likely N-dealkylation sites (N-methyl/N-ethyl adjacent to an activating group) is 1. The molecule has 1 aromatic carbocycles. The third-order valence-electron chi connectivity index (χ3n) is 9.62. The van der Waals surface area contributed by atoms with Crippen molar-refractivity contribution >= 4 is 40.2 Å². The van der Waals surface area contributed by atoms with Crippen molar-refractivity contribution in [2.24, 2.45) is 29.6 Å². The van der Waals surface area contributed by atoms with Gasteiger partial charge in [-0.15, -0.1) is 0 Å². The van der Waals surface area contributed by atoms with Gasteiger partial charge < -0.3 is 24.9 Å². The molecule has 2 heterocycles. The summed E-state index contributed by atoms with van der Waals surface area (Å²) in [5, 5.41) is 8.39. The molecular weight excluding hydrogens is 560 g/mol. The number of para-hydroxylation sites is 1. The fraction of sp³-hybridized carbons (Fsp3) is 0.500. The van der Waals surface area contributed by atoms with Gasteiger partial charge in [0.05, 0.1) is 0 Å². The number of carbonyl (C=O) groups is 4. The number of aromatic nitrogens is 1. The van der Waals surface area contributed by atoms with Crippen LogP contribution in [0.5, 0.6) is 0 Å². The minimum absolute atomic E-state index is 0.0459. The van der Waals surface area contributed by atoms with Gasteiger partial charge in [-0.05, 0) is 86.8 Å². The molecule has 2 aliphatic rings. The summed E-state index contributed by atoms with van der Waals surface area (Å²) in [5.74, 6) is 0.173. The molecule has 0 radical (unpaired) electrons. The Balaban J connectivity index is 1.34. The van der Waals surface area contributed by atoms with Gasteiger partial charge in [-0.3, -0.25) is 24.0 Å². The molecule has 0 saturated heterocycles. The highest BCUT2D eigenvalue weighted by atomic mass is 16.3. The molecule has 10 nitrogen and oxygen atoms in total. The van der Waals surface area contributed by atoms with Gasteiger partial charge in [0, 0.05) is 37.2 Å². The first-order chi connectivity index (χ1) is 21.0. The van der Waals surface area contributed by atoms with E-state index in [1.165, 1.54) is 38.8 Å². The Morgan fingerprint density at radius 1 is 1.02 bits per heavy atom. The second-order valence-electron chi connectivity index (χ2n) is 12.8. The van der Waals surface area contributed by atoms with Crippen molar-refractivity contribution < 1.29 is 23.6 Å². The maximum absolute atomic E-state index is 13.6. The van der Waals surface area contributed by atoms with E-state index in [1.807, 2.05) is 12.1 Å². The van der Waals surface area contributed by atoms with E-state index in [9.17, 15) is 24.0 Å². The van der Waals surface area contributed by atoms with Crippen LogP contribution in [0, 0.1) is 36.5 Å². The Hall–Kier alpha value is -4.21. The maximum atomic E-state index is 13.6. The second-order valence-corrected chi connectivity index (χ2v) is 12.8. The maximum Gasteiger partial charge on any atom is 0.287 e. The Bertz CT molecular complexity index is 1620. The van der Waals surface area contributed by atoms with Crippen LogP contribution in [0.15, 0.2) is 51.8 Å². The predicted octanol–water partition coefficient (Wildman–Crippen LogP) is 4.44. The Morgan fingerprint density at radius 2 is 1.80 bits per heavy atom. The van der Waals surface area contributed by atoms with Crippen LogP contribution < -0.4 is 21.5 Å². The molecular formula is C34H42N4O6. The van der Waals surface area contributed by atoms with Gasteiger partial charge in [0.2, 0.25) is 11.7 Å². The first-order valence-electron chi connectivity index (χ1n) is 15.6. The molecule has 2 fully saturated rings. The number of benzene rings is 1. The molecule has 3 amide bonds. The summed E-state index contributed by atoms with van der Waals surface area (Å²) in [6.07, 6.45) is 6.19. The first-order valence-corrected chi connectivity index (χ1v) is 15.6. The smallest absolute Gasteiger partial charge is 0.287 e. The van der Waals surface area contributed by atoms with E-state index in [-0.39, 0.29) is 29.8 Å². The highest BCUT2D eigenvalue weighted by Crippen LogP contribution is 2.48. The number of nitrogens with zero attached hydrogens (tertiary/aromatic N) is 1. The van der Waals surface area contributed by atoms with Gasteiger partial charge in [-0.25, -0.2) is 0 Å². The van der Waals surface area contributed by atoms with Crippen LogP contribution in [0.4, 0.5) is 5.69 Å². The van der Waals surface area contributed by atoms with E-state index in [4.69, 9.17) is 4.42 Å². The molecule has 10 heteroatoms. The van der Waals surface area contributed by atoms with Crippen molar-refractivity contribution in [3.8, 4) is 0 Å². The number of aryl methyl sites for hydroxylation is 1. The molecule has 2 saturated carbocycles. The minimum Gasteiger partial charge on any atom is -0.451 e. The summed E-state index contributed by atoms with van der Waals surface area (Å²) in [4.78, 5) is 64.5. The number of fused-ring (bicyclic) bond motifs is 3. The molecule has 44 heavy (non-hydrogen) atoms. The zero-order valence-corrected chi connectivity index (χ0v) is 25.9. The normalized spacial score (nSPS) is 23.5. The number of pyridine rings is 1. The molecule has 2 bridgehead atoms. The lowest BCUT2D eigenvalue weighted by molar-refractivity contribution is -0.137. The lowest BCUT2D eigenvalue weighted by atomic mass is 9.60. The van der Waals surface area contributed by atoms with Gasteiger partial charge in [0.1, 0.15) is 17.3 Å². The standard InChI is InChI=1S/C34H42N4O6/c1-19-14-22-16-20(2)25(23(15-19)17-22)18-38-13-7-9-27(34(38)43)37-31(40)26(11-12-28(39)32(41)35-4)36-33(42)30-21(3)24-8-5-6-10-29(24)44-30/h5-10,13,19-20,22-23,25-26H,11-12,14-18H2,1-4H3,(H,35,41)(H,36,42)(H,37,40). The highest BCUT2D eigenvalue weighted by Gasteiger charge is 2.40. The van der Waals surface area contributed by atoms with Crippen molar-refractivity contribution in [1.82, 2.24) is 15.2 Å². The molecule has 3 aromatic rings.